The lowest BCUT2D eigenvalue weighted by Gasteiger charge is -2.33. The molecule has 6 heteroatoms. The molecule has 2 N–H and O–H groups in total. The Morgan fingerprint density at radius 3 is 2.67 bits per heavy atom. The first kappa shape index (κ1) is 21.2. The van der Waals surface area contributed by atoms with Crippen LogP contribution in [0, 0.1) is 0 Å². The summed E-state index contributed by atoms with van der Waals surface area (Å²) in [4.78, 5) is 5.72. The predicted octanol–water partition coefficient (Wildman–Crippen LogP) is 4.59. The van der Waals surface area contributed by atoms with Crippen molar-refractivity contribution in [2.24, 2.45) is 0 Å². The molecule has 3 aromatic rings. The highest BCUT2D eigenvalue weighted by molar-refractivity contribution is 6.30. The highest BCUT2D eigenvalue weighted by atomic mass is 35.5. The molecule has 1 unspecified atom stereocenters. The third kappa shape index (κ3) is 5.16. The quantitative estimate of drug-likeness (QED) is 0.551. The van der Waals surface area contributed by atoms with Crippen molar-refractivity contribution in [3.63, 3.8) is 0 Å². The van der Waals surface area contributed by atoms with E-state index in [0.29, 0.717) is 30.7 Å². The van der Waals surface area contributed by atoms with Gasteiger partial charge >= 0.3 is 0 Å². The Morgan fingerprint density at radius 1 is 1.17 bits per heavy atom. The van der Waals surface area contributed by atoms with Crippen molar-refractivity contribution in [3.8, 4) is 5.75 Å². The number of benzene rings is 2. The summed E-state index contributed by atoms with van der Waals surface area (Å²) in [5, 5.41) is 12.3. The van der Waals surface area contributed by atoms with Gasteiger partial charge in [0.2, 0.25) is 0 Å². The Hall–Kier alpha value is -2.05. The van der Waals surface area contributed by atoms with E-state index in [0.717, 1.165) is 42.8 Å². The number of nitrogens with one attached hydrogen (secondary N) is 1. The molecule has 2 heterocycles. The average Bonchev–Trinajstić information content (AvgIpc) is 3.19. The van der Waals surface area contributed by atoms with Crippen molar-refractivity contribution in [2.45, 2.75) is 31.5 Å². The van der Waals surface area contributed by atoms with Crippen LogP contribution < -0.4 is 4.74 Å². The van der Waals surface area contributed by atoms with Crippen LogP contribution in [-0.4, -0.2) is 54.4 Å². The van der Waals surface area contributed by atoms with Gasteiger partial charge in [-0.3, -0.25) is 0 Å². The van der Waals surface area contributed by atoms with Gasteiger partial charge in [-0.1, -0.05) is 23.7 Å². The lowest BCUT2D eigenvalue weighted by Crippen LogP contribution is -2.39. The fraction of sp³-hybridized carbons (Fsp3) is 0.417. The van der Waals surface area contributed by atoms with Crippen molar-refractivity contribution in [2.75, 3.05) is 33.4 Å². The van der Waals surface area contributed by atoms with Crippen LogP contribution in [0.4, 0.5) is 0 Å². The zero-order valence-electron chi connectivity index (χ0n) is 17.3. The molecule has 0 spiro atoms. The zero-order valence-corrected chi connectivity index (χ0v) is 18.1. The maximum absolute atomic E-state index is 10.4. The van der Waals surface area contributed by atoms with Crippen molar-refractivity contribution in [3.05, 3.63) is 64.8 Å². The summed E-state index contributed by atoms with van der Waals surface area (Å²) < 4.78 is 11.1. The maximum atomic E-state index is 10.4. The van der Waals surface area contributed by atoms with Crippen LogP contribution in [0.5, 0.6) is 5.75 Å². The SMILES string of the molecule is COc1ccc2[nH]cc(C3CCN(CC(O)COCc4ccc(Cl)cc4)CC3)c2c1. The number of nitrogens with zero attached hydrogens (tertiary/aromatic N) is 1. The maximum Gasteiger partial charge on any atom is 0.119 e. The lowest BCUT2D eigenvalue weighted by molar-refractivity contribution is 0.00624. The zero-order chi connectivity index (χ0) is 20.9. The van der Waals surface area contributed by atoms with E-state index in [1.165, 1.54) is 10.9 Å². The number of H-pyrrole nitrogens is 1. The fourth-order valence-corrected chi connectivity index (χ4v) is 4.38. The Morgan fingerprint density at radius 2 is 1.93 bits per heavy atom. The van der Waals surface area contributed by atoms with E-state index in [1.54, 1.807) is 7.11 Å². The highest BCUT2D eigenvalue weighted by Crippen LogP contribution is 2.34. The normalized spacial score (nSPS) is 16.8. The number of aliphatic hydroxyl groups excluding tert-OH is 1. The molecular weight excluding hydrogens is 400 g/mol. The monoisotopic (exact) mass is 428 g/mol. The van der Waals surface area contributed by atoms with Crippen LogP contribution in [0.3, 0.4) is 0 Å². The molecule has 160 valence electrons. The first-order valence-corrected chi connectivity index (χ1v) is 10.9. The smallest absolute Gasteiger partial charge is 0.119 e. The van der Waals surface area contributed by atoms with Gasteiger partial charge in [0, 0.05) is 28.7 Å². The molecule has 0 aliphatic carbocycles. The molecule has 5 nitrogen and oxygen atoms in total. The summed E-state index contributed by atoms with van der Waals surface area (Å²) in [6, 6.07) is 13.8. The van der Waals surface area contributed by atoms with Crippen molar-refractivity contribution < 1.29 is 14.6 Å². The summed E-state index contributed by atoms with van der Waals surface area (Å²) in [6.45, 7) is 3.44. The molecule has 0 bridgehead atoms. The van der Waals surface area contributed by atoms with E-state index in [9.17, 15) is 5.11 Å². The standard InChI is InChI=1S/C24H29ClN2O3/c1-29-21-6-7-24-22(12-21)23(13-26-24)18-8-10-27(11-9-18)14-20(28)16-30-15-17-2-4-19(25)5-3-17/h2-7,12-13,18,20,26,28H,8-11,14-16H2,1H3. The van der Waals surface area contributed by atoms with E-state index in [4.69, 9.17) is 21.1 Å². The third-order valence-corrected chi connectivity index (χ3v) is 6.16. The van der Waals surface area contributed by atoms with Gasteiger partial charge in [-0.15, -0.1) is 0 Å². The molecular formula is C24H29ClN2O3. The second-order valence-corrected chi connectivity index (χ2v) is 8.46. The Balaban J connectivity index is 1.24. The van der Waals surface area contributed by atoms with Crippen molar-refractivity contribution in [1.29, 1.82) is 0 Å². The number of β-amino-alcohol motifs (C(OH)–C–C–N with tert-alkyl or cyclic N) is 1. The van der Waals surface area contributed by atoms with Gasteiger partial charge in [-0.2, -0.15) is 0 Å². The molecule has 4 rings (SSSR count). The molecule has 0 amide bonds. The van der Waals surface area contributed by atoms with Gasteiger partial charge in [-0.25, -0.2) is 0 Å². The van der Waals surface area contributed by atoms with Crippen LogP contribution in [-0.2, 0) is 11.3 Å². The minimum atomic E-state index is -0.480. The second kappa shape index (κ2) is 9.84. The highest BCUT2D eigenvalue weighted by Gasteiger charge is 2.24. The van der Waals surface area contributed by atoms with E-state index < -0.39 is 6.10 Å². The Bertz CT molecular complexity index is 949. The van der Waals surface area contributed by atoms with Crippen LogP contribution in [0.25, 0.3) is 10.9 Å². The number of aromatic amines is 1. The van der Waals surface area contributed by atoms with E-state index in [2.05, 4.69) is 28.2 Å². The molecule has 1 aliphatic heterocycles. The van der Waals surface area contributed by atoms with Crippen molar-refractivity contribution in [1.82, 2.24) is 9.88 Å². The molecule has 0 radical (unpaired) electrons. The van der Waals surface area contributed by atoms with Crippen LogP contribution >= 0.6 is 11.6 Å². The Kier molecular flexibility index (Phi) is 6.95. The number of halogens is 1. The molecule has 1 saturated heterocycles. The summed E-state index contributed by atoms with van der Waals surface area (Å²) in [5.74, 6) is 1.42. The van der Waals surface area contributed by atoms with Gasteiger partial charge in [-0.05, 0) is 73.3 Å². The lowest BCUT2D eigenvalue weighted by atomic mass is 9.89. The van der Waals surface area contributed by atoms with E-state index in [1.807, 2.05) is 30.3 Å². The van der Waals surface area contributed by atoms with Crippen LogP contribution in [0.1, 0.15) is 29.9 Å². The average molecular weight is 429 g/mol. The van der Waals surface area contributed by atoms with Crippen molar-refractivity contribution >= 4 is 22.5 Å². The summed E-state index contributed by atoms with van der Waals surface area (Å²) in [6.07, 6.45) is 3.83. The molecule has 1 atom stereocenters. The summed E-state index contributed by atoms with van der Waals surface area (Å²) >= 11 is 5.90. The number of ether oxygens (including phenoxy) is 2. The molecule has 1 fully saturated rings. The Labute approximate surface area is 182 Å². The first-order valence-electron chi connectivity index (χ1n) is 10.5. The number of aromatic nitrogens is 1. The largest absolute Gasteiger partial charge is 0.497 e. The molecule has 0 saturated carbocycles. The number of aliphatic hydroxyl groups is 1. The van der Waals surface area contributed by atoms with Gasteiger partial charge < -0.3 is 24.5 Å². The predicted molar refractivity (Wildman–Crippen MR) is 120 cm³/mol. The summed E-state index contributed by atoms with van der Waals surface area (Å²) in [5.41, 5.74) is 3.58. The molecule has 1 aromatic heterocycles. The number of likely N-dealkylation sites (tertiary alicyclic amines) is 1. The molecule has 30 heavy (non-hydrogen) atoms. The molecule has 2 aromatic carbocycles. The van der Waals surface area contributed by atoms with Crippen LogP contribution in [0.2, 0.25) is 5.02 Å². The minimum Gasteiger partial charge on any atom is -0.497 e. The van der Waals surface area contributed by atoms with Crippen LogP contribution in [0.15, 0.2) is 48.7 Å². The van der Waals surface area contributed by atoms with Gasteiger partial charge in [0.1, 0.15) is 5.75 Å². The number of hydrogen-bond acceptors (Lipinski definition) is 4. The van der Waals surface area contributed by atoms with Gasteiger partial charge in [0.15, 0.2) is 0 Å². The van der Waals surface area contributed by atoms with E-state index >= 15 is 0 Å². The summed E-state index contributed by atoms with van der Waals surface area (Å²) in [7, 11) is 1.70. The molecule has 1 aliphatic rings. The number of rotatable bonds is 8. The van der Waals surface area contributed by atoms with E-state index in [-0.39, 0.29) is 0 Å². The number of hydrogen-bond donors (Lipinski definition) is 2. The van der Waals surface area contributed by atoms with Gasteiger partial charge in [0.25, 0.3) is 0 Å². The fourth-order valence-electron chi connectivity index (χ4n) is 4.26. The minimum absolute atomic E-state index is 0.338. The number of piperidine rings is 1. The third-order valence-electron chi connectivity index (χ3n) is 5.91. The number of methoxy groups -OCH3 is 1. The second-order valence-electron chi connectivity index (χ2n) is 8.03. The topological polar surface area (TPSA) is 57.7 Å². The first-order chi connectivity index (χ1) is 14.6. The number of fused-ring (bicyclic) bond motifs is 1. The van der Waals surface area contributed by atoms with Gasteiger partial charge in [0.05, 0.1) is 26.4 Å².